The predicted molar refractivity (Wildman–Crippen MR) is 75.1 cm³/mol. The Morgan fingerprint density at radius 1 is 1.17 bits per heavy atom. The highest BCUT2D eigenvalue weighted by atomic mass is 32.1. The van der Waals surface area contributed by atoms with Crippen molar-refractivity contribution in [3.05, 3.63) is 0 Å². The van der Waals surface area contributed by atoms with Crippen LogP contribution in [-0.2, 0) is 4.79 Å². The van der Waals surface area contributed by atoms with Gasteiger partial charge in [0.15, 0.2) is 0 Å². The Hall–Kier alpha value is -0.640. The molecule has 2 saturated carbocycles. The number of thiocarbonyl (C=S) groups is 1. The highest BCUT2D eigenvalue weighted by Crippen LogP contribution is 2.49. The van der Waals surface area contributed by atoms with Gasteiger partial charge in [0.2, 0.25) is 5.91 Å². The monoisotopic (exact) mass is 266 g/mol. The van der Waals surface area contributed by atoms with Crippen molar-refractivity contribution in [1.82, 2.24) is 4.90 Å². The molecule has 0 aromatic rings. The number of carbonyl (C=O) groups is 1. The number of amides is 1. The smallest absolute Gasteiger partial charge is 0.226 e. The summed E-state index contributed by atoms with van der Waals surface area (Å²) in [5.41, 5.74) is 5.81. The number of nitrogens with two attached hydrogens (primary N) is 1. The first-order chi connectivity index (χ1) is 8.66. The fourth-order valence-electron chi connectivity index (χ4n) is 4.25. The van der Waals surface area contributed by atoms with Crippen LogP contribution in [0.5, 0.6) is 0 Å². The molecule has 0 aromatic carbocycles. The van der Waals surface area contributed by atoms with Crippen LogP contribution in [0.1, 0.15) is 44.9 Å². The minimum Gasteiger partial charge on any atom is -0.392 e. The van der Waals surface area contributed by atoms with E-state index in [1.165, 1.54) is 19.3 Å². The Kier molecular flexibility index (Phi) is 3.31. The van der Waals surface area contributed by atoms with Crippen molar-refractivity contribution in [2.75, 3.05) is 6.54 Å². The minimum atomic E-state index is 0.0281. The van der Waals surface area contributed by atoms with Gasteiger partial charge in [-0.05, 0) is 50.4 Å². The standard InChI is InChI=1S/C14H22N2OS/c15-13(18)12-3-1-2-6-16(12)14(17)11-8-9-4-5-10(11)7-9/h9-12H,1-8H2,(H2,15,18). The van der Waals surface area contributed by atoms with Crippen molar-refractivity contribution in [3.8, 4) is 0 Å². The summed E-state index contributed by atoms with van der Waals surface area (Å²) in [4.78, 5) is 15.2. The third kappa shape index (κ3) is 2.04. The van der Waals surface area contributed by atoms with Crippen molar-refractivity contribution in [2.24, 2.45) is 23.5 Å². The van der Waals surface area contributed by atoms with Gasteiger partial charge in [0.05, 0.1) is 11.0 Å². The number of fused-ring (bicyclic) bond motifs is 2. The van der Waals surface area contributed by atoms with E-state index in [0.29, 0.717) is 16.8 Å². The maximum atomic E-state index is 12.7. The summed E-state index contributed by atoms with van der Waals surface area (Å²) in [6, 6.07) is 0.0281. The predicted octanol–water partition coefficient (Wildman–Crippen LogP) is 2.09. The zero-order chi connectivity index (χ0) is 12.7. The van der Waals surface area contributed by atoms with Gasteiger partial charge in [-0.1, -0.05) is 18.6 Å². The van der Waals surface area contributed by atoms with Gasteiger partial charge < -0.3 is 10.6 Å². The summed E-state index contributed by atoms with van der Waals surface area (Å²) >= 11 is 5.14. The number of piperidine rings is 1. The number of hydrogen-bond donors (Lipinski definition) is 1. The first-order valence-electron chi connectivity index (χ1n) is 7.26. The number of nitrogens with zero attached hydrogens (tertiary/aromatic N) is 1. The highest BCUT2D eigenvalue weighted by Gasteiger charge is 2.45. The van der Waals surface area contributed by atoms with E-state index in [9.17, 15) is 4.79 Å². The first kappa shape index (κ1) is 12.4. The largest absolute Gasteiger partial charge is 0.392 e. The molecular weight excluding hydrogens is 244 g/mol. The fourth-order valence-corrected chi connectivity index (χ4v) is 4.50. The third-order valence-electron chi connectivity index (χ3n) is 5.17. The lowest BCUT2D eigenvalue weighted by Gasteiger charge is -2.38. The summed E-state index contributed by atoms with van der Waals surface area (Å²) < 4.78 is 0. The van der Waals surface area contributed by atoms with Crippen molar-refractivity contribution in [3.63, 3.8) is 0 Å². The van der Waals surface area contributed by atoms with E-state index in [0.717, 1.165) is 38.1 Å². The maximum absolute atomic E-state index is 12.7. The lowest BCUT2D eigenvalue weighted by atomic mass is 9.86. The molecule has 2 bridgehead atoms. The average molecular weight is 266 g/mol. The van der Waals surface area contributed by atoms with Crippen molar-refractivity contribution >= 4 is 23.1 Å². The van der Waals surface area contributed by atoms with E-state index in [2.05, 4.69) is 0 Å². The first-order valence-corrected chi connectivity index (χ1v) is 7.67. The van der Waals surface area contributed by atoms with E-state index in [1.807, 2.05) is 4.90 Å². The molecule has 2 N–H and O–H groups in total. The molecular formula is C14H22N2OS. The van der Waals surface area contributed by atoms with Crippen LogP contribution in [0, 0.1) is 17.8 Å². The number of rotatable bonds is 2. The van der Waals surface area contributed by atoms with E-state index in [-0.39, 0.29) is 12.0 Å². The summed E-state index contributed by atoms with van der Waals surface area (Å²) in [6.07, 6.45) is 8.20. The van der Waals surface area contributed by atoms with Gasteiger partial charge in [-0.25, -0.2) is 0 Å². The Labute approximate surface area is 114 Å². The van der Waals surface area contributed by atoms with E-state index in [1.54, 1.807) is 0 Å². The lowest BCUT2D eigenvalue weighted by molar-refractivity contribution is -0.139. The van der Waals surface area contributed by atoms with Crippen molar-refractivity contribution in [1.29, 1.82) is 0 Å². The van der Waals surface area contributed by atoms with Gasteiger partial charge in [-0.2, -0.15) is 0 Å². The molecule has 3 rings (SSSR count). The van der Waals surface area contributed by atoms with Crippen LogP contribution in [0.2, 0.25) is 0 Å². The van der Waals surface area contributed by atoms with E-state index in [4.69, 9.17) is 18.0 Å². The summed E-state index contributed by atoms with van der Waals surface area (Å²) in [5.74, 6) is 2.09. The van der Waals surface area contributed by atoms with Gasteiger partial charge in [-0.3, -0.25) is 4.79 Å². The molecule has 18 heavy (non-hydrogen) atoms. The third-order valence-corrected chi connectivity index (χ3v) is 5.44. The van der Waals surface area contributed by atoms with Gasteiger partial charge in [0.25, 0.3) is 0 Å². The Morgan fingerprint density at radius 2 is 2.00 bits per heavy atom. The van der Waals surface area contributed by atoms with Crippen LogP contribution in [-0.4, -0.2) is 28.4 Å². The quantitative estimate of drug-likeness (QED) is 0.779. The molecule has 0 radical (unpaired) electrons. The summed E-state index contributed by atoms with van der Waals surface area (Å²) in [5, 5.41) is 0. The molecule has 1 saturated heterocycles. The zero-order valence-electron chi connectivity index (χ0n) is 10.8. The summed E-state index contributed by atoms with van der Waals surface area (Å²) in [7, 11) is 0. The van der Waals surface area contributed by atoms with Crippen molar-refractivity contribution < 1.29 is 4.79 Å². The van der Waals surface area contributed by atoms with Crippen LogP contribution >= 0.6 is 12.2 Å². The van der Waals surface area contributed by atoms with Gasteiger partial charge in [0, 0.05) is 12.5 Å². The van der Waals surface area contributed by atoms with E-state index < -0.39 is 0 Å². The molecule has 3 fully saturated rings. The molecule has 4 heteroatoms. The molecule has 3 nitrogen and oxygen atoms in total. The molecule has 3 aliphatic rings. The number of likely N-dealkylation sites (tertiary alicyclic amines) is 1. The van der Waals surface area contributed by atoms with Crippen LogP contribution < -0.4 is 5.73 Å². The normalized spacial score (nSPS) is 39.0. The summed E-state index contributed by atoms with van der Waals surface area (Å²) in [6.45, 7) is 0.856. The van der Waals surface area contributed by atoms with Crippen molar-refractivity contribution in [2.45, 2.75) is 51.0 Å². The van der Waals surface area contributed by atoms with Gasteiger partial charge in [-0.15, -0.1) is 0 Å². The molecule has 1 heterocycles. The molecule has 100 valence electrons. The average Bonchev–Trinajstić information content (AvgIpc) is 3.00. The van der Waals surface area contributed by atoms with Crippen LogP contribution in [0.25, 0.3) is 0 Å². The molecule has 4 atom stereocenters. The van der Waals surface area contributed by atoms with Crippen LogP contribution in [0.15, 0.2) is 0 Å². The SMILES string of the molecule is NC(=S)C1CCCCN1C(=O)C1CC2CCC1C2. The second-order valence-electron chi connectivity index (χ2n) is 6.23. The zero-order valence-corrected chi connectivity index (χ0v) is 11.6. The second kappa shape index (κ2) is 4.80. The molecule has 1 amide bonds. The second-order valence-corrected chi connectivity index (χ2v) is 6.70. The molecule has 2 aliphatic carbocycles. The van der Waals surface area contributed by atoms with Crippen LogP contribution in [0.4, 0.5) is 0 Å². The Bertz CT molecular complexity index is 371. The van der Waals surface area contributed by atoms with Crippen LogP contribution in [0.3, 0.4) is 0 Å². The minimum absolute atomic E-state index is 0.0281. The van der Waals surface area contributed by atoms with E-state index >= 15 is 0 Å². The number of hydrogen-bond acceptors (Lipinski definition) is 2. The number of carbonyl (C=O) groups excluding carboxylic acids is 1. The molecule has 4 unspecified atom stereocenters. The van der Waals surface area contributed by atoms with Gasteiger partial charge in [0.1, 0.15) is 0 Å². The lowest BCUT2D eigenvalue weighted by Crippen LogP contribution is -2.52. The highest BCUT2D eigenvalue weighted by molar-refractivity contribution is 7.80. The maximum Gasteiger partial charge on any atom is 0.226 e. The topological polar surface area (TPSA) is 46.3 Å². The Balaban J connectivity index is 1.72. The van der Waals surface area contributed by atoms with Gasteiger partial charge >= 0.3 is 0 Å². The molecule has 0 aromatic heterocycles. The fraction of sp³-hybridized carbons (Fsp3) is 0.857. The Morgan fingerprint density at radius 3 is 2.61 bits per heavy atom. The molecule has 1 aliphatic heterocycles. The molecule has 0 spiro atoms.